The fourth-order valence-corrected chi connectivity index (χ4v) is 4.52. The van der Waals surface area contributed by atoms with Crippen molar-refractivity contribution in [1.82, 2.24) is 0 Å². The van der Waals surface area contributed by atoms with E-state index in [1.165, 1.54) is 0 Å². The zero-order valence-corrected chi connectivity index (χ0v) is 15.0. The molecule has 2 aromatic carbocycles. The topological polar surface area (TPSA) is 87.1 Å². The van der Waals surface area contributed by atoms with Crippen LogP contribution in [0.1, 0.15) is 70.4 Å². The highest BCUT2D eigenvalue weighted by atomic mass is 16.6. The van der Waals surface area contributed by atoms with Crippen LogP contribution < -0.4 is 0 Å². The third-order valence-corrected chi connectivity index (χ3v) is 5.96. The molecule has 1 heterocycles. The standard InChI is InChI=1S/C22H22O5/c23-19(24)15-5-9-17(10-6-15)21-13-3-1-2-4-14-22(21,27-21)18-11-7-16(8-12-18)20(25)26/h5-12H,1-4,13-14H2,(H,23,24)(H,25,26). The Kier molecular flexibility index (Phi) is 4.27. The first-order chi connectivity index (χ1) is 13.0. The van der Waals surface area contributed by atoms with E-state index in [9.17, 15) is 9.59 Å². The lowest BCUT2D eigenvalue weighted by Gasteiger charge is -2.24. The van der Waals surface area contributed by atoms with Crippen LogP contribution in [0.5, 0.6) is 0 Å². The van der Waals surface area contributed by atoms with Crippen LogP contribution in [0.4, 0.5) is 0 Å². The summed E-state index contributed by atoms with van der Waals surface area (Å²) in [6.45, 7) is 0. The van der Waals surface area contributed by atoms with Gasteiger partial charge >= 0.3 is 11.9 Å². The number of aromatic carboxylic acids is 2. The highest BCUT2D eigenvalue weighted by Gasteiger charge is 2.70. The fraction of sp³-hybridized carbons (Fsp3) is 0.364. The Morgan fingerprint density at radius 3 is 1.37 bits per heavy atom. The van der Waals surface area contributed by atoms with Crippen LogP contribution in [-0.4, -0.2) is 22.2 Å². The van der Waals surface area contributed by atoms with Crippen molar-refractivity contribution in [3.63, 3.8) is 0 Å². The number of benzene rings is 2. The van der Waals surface area contributed by atoms with E-state index in [1.54, 1.807) is 24.3 Å². The second kappa shape index (κ2) is 6.50. The van der Waals surface area contributed by atoms with E-state index in [-0.39, 0.29) is 11.1 Å². The minimum atomic E-state index is -0.941. The summed E-state index contributed by atoms with van der Waals surface area (Å²) in [5.74, 6) is -1.88. The average molecular weight is 366 g/mol. The van der Waals surface area contributed by atoms with Crippen molar-refractivity contribution in [2.75, 3.05) is 0 Å². The highest BCUT2D eigenvalue weighted by Crippen LogP contribution is 2.67. The average Bonchev–Trinajstić information content (AvgIpc) is 3.30. The third kappa shape index (κ3) is 2.82. The lowest BCUT2D eigenvalue weighted by atomic mass is 9.74. The minimum Gasteiger partial charge on any atom is -0.478 e. The first-order valence-electron chi connectivity index (χ1n) is 9.36. The van der Waals surface area contributed by atoms with Crippen LogP contribution in [0, 0.1) is 0 Å². The van der Waals surface area contributed by atoms with Crippen molar-refractivity contribution in [3.8, 4) is 0 Å². The Bertz CT molecular complexity index is 797. The van der Waals surface area contributed by atoms with E-state index in [1.807, 2.05) is 24.3 Å². The summed E-state index contributed by atoms with van der Waals surface area (Å²) < 4.78 is 6.49. The number of rotatable bonds is 4. The first-order valence-corrected chi connectivity index (χ1v) is 9.36. The van der Waals surface area contributed by atoms with E-state index in [0.29, 0.717) is 0 Å². The molecule has 140 valence electrons. The molecule has 2 fully saturated rings. The lowest BCUT2D eigenvalue weighted by molar-refractivity contribution is 0.0686. The molecule has 2 atom stereocenters. The van der Waals surface area contributed by atoms with Gasteiger partial charge in [-0.3, -0.25) is 0 Å². The van der Waals surface area contributed by atoms with Gasteiger partial charge in [0.2, 0.25) is 0 Å². The van der Waals surface area contributed by atoms with Gasteiger partial charge in [-0.15, -0.1) is 0 Å². The molecule has 5 nitrogen and oxygen atoms in total. The molecule has 0 spiro atoms. The van der Waals surface area contributed by atoms with Gasteiger partial charge in [-0.25, -0.2) is 9.59 Å². The second-order valence-electron chi connectivity index (χ2n) is 7.44. The number of hydrogen-bond acceptors (Lipinski definition) is 3. The SMILES string of the molecule is O=C(O)c1ccc(C23CCCCCCC2(c2ccc(C(=O)O)cc2)O3)cc1. The molecule has 27 heavy (non-hydrogen) atoms. The Morgan fingerprint density at radius 1 is 0.667 bits per heavy atom. The molecule has 1 aliphatic carbocycles. The molecule has 1 aliphatic heterocycles. The van der Waals surface area contributed by atoms with Crippen LogP contribution in [-0.2, 0) is 15.9 Å². The largest absolute Gasteiger partial charge is 0.478 e. The fourth-order valence-electron chi connectivity index (χ4n) is 4.52. The predicted molar refractivity (Wildman–Crippen MR) is 98.9 cm³/mol. The molecule has 2 aliphatic rings. The van der Waals surface area contributed by atoms with E-state index in [2.05, 4.69) is 0 Å². The summed E-state index contributed by atoms with van der Waals surface area (Å²) in [6, 6.07) is 14.0. The van der Waals surface area contributed by atoms with Crippen molar-refractivity contribution in [3.05, 3.63) is 70.8 Å². The quantitative estimate of drug-likeness (QED) is 0.775. The Balaban J connectivity index is 1.74. The van der Waals surface area contributed by atoms with Crippen LogP contribution in [0.25, 0.3) is 0 Å². The lowest BCUT2D eigenvalue weighted by Crippen LogP contribution is -2.24. The number of carboxylic acid groups (broad SMARTS) is 2. The summed E-state index contributed by atoms with van der Waals surface area (Å²) in [5, 5.41) is 18.3. The van der Waals surface area contributed by atoms with Crippen LogP contribution in [0.15, 0.2) is 48.5 Å². The number of fused-ring (bicyclic) bond motifs is 1. The molecular weight excluding hydrogens is 344 g/mol. The summed E-state index contributed by atoms with van der Waals surface area (Å²) in [5.41, 5.74) is 1.59. The smallest absolute Gasteiger partial charge is 0.335 e. The van der Waals surface area contributed by atoms with E-state index < -0.39 is 23.1 Å². The van der Waals surface area contributed by atoms with Gasteiger partial charge in [0.05, 0.1) is 11.1 Å². The molecule has 0 bridgehead atoms. The van der Waals surface area contributed by atoms with Gasteiger partial charge in [-0.2, -0.15) is 0 Å². The molecule has 5 heteroatoms. The highest BCUT2D eigenvalue weighted by molar-refractivity contribution is 5.88. The summed E-state index contributed by atoms with van der Waals surface area (Å²) in [6.07, 6.45) is 6.17. The van der Waals surface area contributed by atoms with Crippen molar-refractivity contribution >= 4 is 11.9 Å². The number of carbonyl (C=O) groups is 2. The Hall–Kier alpha value is -2.66. The van der Waals surface area contributed by atoms with Crippen molar-refractivity contribution in [2.24, 2.45) is 0 Å². The maximum Gasteiger partial charge on any atom is 0.335 e. The van der Waals surface area contributed by atoms with E-state index >= 15 is 0 Å². The summed E-state index contributed by atoms with van der Waals surface area (Å²) in [4.78, 5) is 22.3. The molecule has 0 aromatic heterocycles. The number of hydrogen-bond donors (Lipinski definition) is 2. The van der Waals surface area contributed by atoms with E-state index in [0.717, 1.165) is 49.7 Å². The maximum absolute atomic E-state index is 11.2. The number of ether oxygens (including phenoxy) is 1. The van der Waals surface area contributed by atoms with Crippen LogP contribution in [0.2, 0.25) is 0 Å². The van der Waals surface area contributed by atoms with Gasteiger partial charge < -0.3 is 14.9 Å². The van der Waals surface area contributed by atoms with Crippen LogP contribution >= 0.6 is 0 Å². The van der Waals surface area contributed by atoms with Crippen molar-refractivity contribution in [1.29, 1.82) is 0 Å². The second-order valence-corrected chi connectivity index (χ2v) is 7.44. The normalized spacial score (nSPS) is 27.1. The van der Waals surface area contributed by atoms with Gasteiger partial charge in [0.15, 0.2) is 0 Å². The molecule has 0 amide bonds. The first kappa shape index (κ1) is 17.7. The molecule has 2 unspecified atom stereocenters. The maximum atomic E-state index is 11.2. The summed E-state index contributed by atoms with van der Waals surface area (Å²) >= 11 is 0. The third-order valence-electron chi connectivity index (χ3n) is 5.96. The Labute approximate surface area is 157 Å². The molecule has 1 saturated heterocycles. The molecule has 0 radical (unpaired) electrons. The van der Waals surface area contributed by atoms with Crippen LogP contribution in [0.3, 0.4) is 0 Å². The van der Waals surface area contributed by atoms with Gasteiger partial charge in [-0.1, -0.05) is 49.9 Å². The monoisotopic (exact) mass is 366 g/mol. The predicted octanol–water partition coefficient (Wildman–Crippen LogP) is 4.56. The van der Waals surface area contributed by atoms with Gasteiger partial charge in [0.25, 0.3) is 0 Å². The molecule has 4 rings (SSSR count). The van der Waals surface area contributed by atoms with Crippen molar-refractivity contribution in [2.45, 2.75) is 49.7 Å². The van der Waals surface area contributed by atoms with Gasteiger partial charge in [0.1, 0.15) is 11.2 Å². The molecule has 2 N–H and O–H groups in total. The van der Waals surface area contributed by atoms with E-state index in [4.69, 9.17) is 14.9 Å². The zero-order chi connectivity index (χ0) is 19.1. The summed E-state index contributed by atoms with van der Waals surface area (Å²) in [7, 11) is 0. The Morgan fingerprint density at radius 2 is 1.04 bits per heavy atom. The van der Waals surface area contributed by atoms with Gasteiger partial charge in [0, 0.05) is 0 Å². The van der Waals surface area contributed by atoms with Crippen molar-refractivity contribution < 1.29 is 24.5 Å². The zero-order valence-electron chi connectivity index (χ0n) is 15.0. The molecular formula is C22H22O5. The minimum absolute atomic E-state index is 0.262. The number of epoxide rings is 1. The van der Waals surface area contributed by atoms with Gasteiger partial charge in [-0.05, 0) is 48.2 Å². The molecule has 2 aromatic rings. The number of carboxylic acids is 2. The molecule has 1 saturated carbocycles.